The van der Waals surface area contributed by atoms with Crippen molar-refractivity contribution in [1.29, 1.82) is 0 Å². The predicted octanol–water partition coefficient (Wildman–Crippen LogP) is -2.17. The highest BCUT2D eigenvalue weighted by molar-refractivity contribution is 6.43. The zero-order valence-electron chi connectivity index (χ0n) is 10.7. The van der Waals surface area contributed by atoms with E-state index in [-0.39, 0.29) is 18.7 Å². The molecule has 0 radical (unpaired) electrons. The largest absolute Gasteiger partial charge is 0.475 e. The number of likely N-dealkylation sites (tertiary alicyclic amines) is 1. The molecule has 2 fully saturated rings. The van der Waals surface area contributed by atoms with Crippen LogP contribution in [0, 0.1) is 11.8 Å². The predicted molar refractivity (Wildman–Crippen MR) is 68.3 cm³/mol. The Hall–Kier alpha value is -1.12. The summed E-state index contributed by atoms with van der Waals surface area (Å²) >= 11 is 0. The molecule has 2 aliphatic rings. The molecule has 1 heterocycles. The van der Waals surface area contributed by atoms with Crippen molar-refractivity contribution in [3.63, 3.8) is 0 Å². The minimum absolute atomic E-state index is 0.0547. The first kappa shape index (κ1) is 14.3. The van der Waals surface area contributed by atoms with Crippen LogP contribution in [0.1, 0.15) is 25.7 Å². The molecule has 0 aromatic rings. The molecular formula is C11H20BN3O4. The third-order valence-corrected chi connectivity index (χ3v) is 4.09. The summed E-state index contributed by atoms with van der Waals surface area (Å²) in [6, 6.07) is -0.816. The van der Waals surface area contributed by atoms with Gasteiger partial charge < -0.3 is 26.4 Å². The van der Waals surface area contributed by atoms with Crippen LogP contribution in [0.15, 0.2) is 0 Å². The van der Waals surface area contributed by atoms with E-state index in [1.165, 1.54) is 4.90 Å². The molecule has 1 saturated carbocycles. The van der Waals surface area contributed by atoms with Gasteiger partial charge >= 0.3 is 7.12 Å². The van der Waals surface area contributed by atoms with Gasteiger partial charge in [-0.3, -0.25) is 9.59 Å². The molecule has 19 heavy (non-hydrogen) atoms. The fraction of sp³-hybridized carbons (Fsp3) is 0.818. The molecule has 1 saturated heterocycles. The van der Waals surface area contributed by atoms with Gasteiger partial charge in [-0.25, -0.2) is 0 Å². The van der Waals surface area contributed by atoms with Gasteiger partial charge in [0.25, 0.3) is 0 Å². The second kappa shape index (κ2) is 5.48. The van der Waals surface area contributed by atoms with Gasteiger partial charge in [0.1, 0.15) is 0 Å². The van der Waals surface area contributed by atoms with E-state index in [0.29, 0.717) is 24.8 Å². The van der Waals surface area contributed by atoms with E-state index >= 15 is 0 Å². The summed E-state index contributed by atoms with van der Waals surface area (Å²) in [6.07, 6.45) is 1.88. The minimum Gasteiger partial charge on any atom is -0.426 e. The van der Waals surface area contributed by atoms with Gasteiger partial charge in [-0.1, -0.05) is 0 Å². The number of piperidine rings is 1. The van der Waals surface area contributed by atoms with Crippen LogP contribution in [0.25, 0.3) is 0 Å². The Kier molecular flexibility index (Phi) is 4.12. The summed E-state index contributed by atoms with van der Waals surface area (Å²) in [5.41, 5.74) is 10.8. The summed E-state index contributed by atoms with van der Waals surface area (Å²) in [6.45, 7) is 0.524. The van der Waals surface area contributed by atoms with Crippen molar-refractivity contribution >= 4 is 18.9 Å². The van der Waals surface area contributed by atoms with E-state index in [2.05, 4.69) is 0 Å². The summed E-state index contributed by atoms with van der Waals surface area (Å²) in [5.74, 6) is -0.455. The molecule has 1 aliphatic carbocycles. The second-order valence-electron chi connectivity index (χ2n) is 5.57. The maximum absolute atomic E-state index is 12.2. The smallest absolute Gasteiger partial charge is 0.426 e. The number of nitrogens with zero attached hydrogens (tertiary/aromatic N) is 1. The van der Waals surface area contributed by atoms with E-state index in [1.54, 1.807) is 0 Å². The van der Waals surface area contributed by atoms with Crippen molar-refractivity contribution in [2.45, 2.75) is 37.7 Å². The lowest BCUT2D eigenvalue weighted by Gasteiger charge is -2.36. The van der Waals surface area contributed by atoms with Gasteiger partial charge in [0.15, 0.2) is 0 Å². The van der Waals surface area contributed by atoms with Gasteiger partial charge in [0, 0.05) is 13.0 Å². The molecular weight excluding hydrogens is 249 g/mol. The molecule has 1 aliphatic heterocycles. The molecule has 0 bridgehead atoms. The normalized spacial score (nSPS) is 30.5. The Morgan fingerprint density at radius 3 is 2.58 bits per heavy atom. The first-order chi connectivity index (χ1) is 8.90. The number of amides is 2. The highest BCUT2D eigenvalue weighted by Crippen LogP contribution is 2.47. The lowest BCUT2D eigenvalue weighted by molar-refractivity contribution is -0.135. The molecule has 0 aromatic carbocycles. The Balaban J connectivity index is 1.96. The maximum Gasteiger partial charge on any atom is 0.475 e. The topological polar surface area (TPSA) is 130 Å². The van der Waals surface area contributed by atoms with E-state index in [0.717, 1.165) is 6.42 Å². The van der Waals surface area contributed by atoms with Gasteiger partial charge in [0.2, 0.25) is 11.8 Å². The SMILES string of the molecule is NC(=O)CC[C@H](N)C(=O)N1CC2CC2CC1B(O)O. The second-order valence-corrected chi connectivity index (χ2v) is 5.57. The molecule has 6 N–H and O–H groups in total. The lowest BCUT2D eigenvalue weighted by atomic mass is 9.73. The van der Waals surface area contributed by atoms with Crippen LogP contribution in [-0.2, 0) is 9.59 Å². The van der Waals surface area contributed by atoms with Crippen molar-refractivity contribution < 1.29 is 19.6 Å². The standard InChI is InChI=1S/C11H20BN3O4/c13-8(1-2-10(14)16)11(17)15-5-7-3-6(7)4-9(15)12(18)19/h6-9,18-19H,1-5,13H2,(H2,14,16)/t6?,7?,8-,9?/m0/s1. The van der Waals surface area contributed by atoms with E-state index < -0.39 is 25.0 Å². The molecule has 4 atom stereocenters. The average Bonchev–Trinajstić information content (AvgIpc) is 3.11. The molecule has 2 rings (SSSR count). The highest BCUT2D eigenvalue weighted by atomic mass is 16.4. The molecule has 106 valence electrons. The van der Waals surface area contributed by atoms with Gasteiger partial charge in [-0.2, -0.15) is 0 Å². The number of carbonyl (C=O) groups excluding carboxylic acids is 2. The zero-order valence-corrected chi connectivity index (χ0v) is 10.7. The summed E-state index contributed by atoms with van der Waals surface area (Å²) in [7, 11) is -1.55. The maximum atomic E-state index is 12.2. The molecule has 0 aromatic heterocycles. The Morgan fingerprint density at radius 1 is 1.32 bits per heavy atom. The lowest BCUT2D eigenvalue weighted by Crippen LogP contribution is -2.57. The van der Waals surface area contributed by atoms with Crippen LogP contribution in [0.3, 0.4) is 0 Å². The van der Waals surface area contributed by atoms with Gasteiger partial charge in [0.05, 0.1) is 12.0 Å². The minimum atomic E-state index is -1.55. The van der Waals surface area contributed by atoms with Crippen molar-refractivity contribution in [2.24, 2.45) is 23.3 Å². The van der Waals surface area contributed by atoms with E-state index in [9.17, 15) is 19.6 Å². The quantitative estimate of drug-likeness (QED) is 0.422. The van der Waals surface area contributed by atoms with Crippen molar-refractivity contribution in [2.75, 3.05) is 6.54 Å². The van der Waals surface area contributed by atoms with Crippen LogP contribution in [0.2, 0.25) is 0 Å². The van der Waals surface area contributed by atoms with Crippen LogP contribution in [0.4, 0.5) is 0 Å². The number of carbonyl (C=O) groups is 2. The number of hydrogen-bond donors (Lipinski definition) is 4. The van der Waals surface area contributed by atoms with Gasteiger partial charge in [-0.05, 0) is 31.1 Å². The van der Waals surface area contributed by atoms with Crippen molar-refractivity contribution in [3.05, 3.63) is 0 Å². The number of hydrogen-bond acceptors (Lipinski definition) is 5. The van der Waals surface area contributed by atoms with Crippen LogP contribution >= 0.6 is 0 Å². The van der Waals surface area contributed by atoms with Crippen LogP contribution < -0.4 is 11.5 Å². The fourth-order valence-corrected chi connectivity index (χ4v) is 2.82. The Morgan fingerprint density at radius 2 is 2.00 bits per heavy atom. The van der Waals surface area contributed by atoms with Crippen molar-refractivity contribution in [1.82, 2.24) is 4.90 Å². The third-order valence-electron chi connectivity index (χ3n) is 4.09. The third kappa shape index (κ3) is 3.26. The number of nitrogens with two attached hydrogens (primary N) is 2. The Bertz CT molecular complexity index is 379. The Labute approximate surface area is 112 Å². The molecule has 7 nitrogen and oxygen atoms in total. The summed E-state index contributed by atoms with van der Waals surface area (Å²) < 4.78 is 0. The monoisotopic (exact) mass is 269 g/mol. The zero-order chi connectivity index (χ0) is 14.2. The molecule has 2 amide bonds. The van der Waals surface area contributed by atoms with Crippen LogP contribution in [-0.4, -0.2) is 52.4 Å². The fourth-order valence-electron chi connectivity index (χ4n) is 2.82. The highest BCUT2D eigenvalue weighted by Gasteiger charge is 2.50. The van der Waals surface area contributed by atoms with E-state index in [4.69, 9.17) is 11.5 Å². The first-order valence-corrected chi connectivity index (χ1v) is 6.60. The molecule has 3 unspecified atom stereocenters. The molecule has 8 heteroatoms. The van der Waals surface area contributed by atoms with Crippen molar-refractivity contribution in [3.8, 4) is 0 Å². The first-order valence-electron chi connectivity index (χ1n) is 6.60. The summed E-state index contributed by atoms with van der Waals surface area (Å²) in [5, 5.41) is 18.8. The van der Waals surface area contributed by atoms with E-state index in [1.807, 2.05) is 0 Å². The number of rotatable bonds is 5. The number of fused-ring (bicyclic) bond motifs is 1. The van der Waals surface area contributed by atoms with Gasteiger partial charge in [-0.15, -0.1) is 0 Å². The molecule has 0 spiro atoms. The van der Waals surface area contributed by atoms with Crippen LogP contribution in [0.5, 0.6) is 0 Å². The average molecular weight is 269 g/mol. The summed E-state index contributed by atoms with van der Waals surface area (Å²) in [4.78, 5) is 24.4. The number of primary amides is 1.